The minimum Gasteiger partial charge on any atom is -0.465 e. The Morgan fingerprint density at radius 1 is 1.21 bits per heavy atom. The summed E-state index contributed by atoms with van der Waals surface area (Å²) in [7, 11) is 0. The maximum absolute atomic E-state index is 13.5. The number of halogens is 3. The summed E-state index contributed by atoms with van der Waals surface area (Å²) in [5, 5.41) is 0. The molecule has 1 unspecified atom stereocenters. The second-order valence-electron chi connectivity index (χ2n) is 3.95. The third-order valence-corrected chi connectivity index (χ3v) is 2.60. The summed E-state index contributed by atoms with van der Waals surface area (Å²) in [6.45, 7) is 2.79. The Kier molecular flexibility index (Phi) is 5.09. The zero-order valence-electron chi connectivity index (χ0n) is 10.5. The van der Waals surface area contributed by atoms with Gasteiger partial charge in [-0.05, 0) is 31.9 Å². The second kappa shape index (κ2) is 6.36. The molecule has 0 aliphatic rings. The highest BCUT2D eigenvalue weighted by Crippen LogP contribution is 2.19. The summed E-state index contributed by atoms with van der Waals surface area (Å²) in [6.07, 6.45) is -0.364. The van der Waals surface area contributed by atoms with E-state index in [1.807, 2.05) is 0 Å². The van der Waals surface area contributed by atoms with Gasteiger partial charge in [-0.25, -0.2) is 13.2 Å². The maximum atomic E-state index is 13.5. The number of rotatable bonds is 5. The Hall–Kier alpha value is -1.85. The maximum Gasteiger partial charge on any atom is 0.316 e. The molecular formula is C13H13F3O3. The van der Waals surface area contributed by atoms with Crippen LogP contribution in [0.4, 0.5) is 13.2 Å². The molecule has 1 aromatic rings. The van der Waals surface area contributed by atoms with Crippen molar-refractivity contribution in [2.75, 3.05) is 6.61 Å². The molecule has 104 valence electrons. The van der Waals surface area contributed by atoms with E-state index in [2.05, 4.69) is 4.74 Å². The van der Waals surface area contributed by atoms with Gasteiger partial charge in [0, 0.05) is 0 Å². The minimum absolute atomic E-state index is 0.0723. The van der Waals surface area contributed by atoms with Crippen LogP contribution < -0.4 is 0 Å². The Morgan fingerprint density at radius 2 is 1.84 bits per heavy atom. The summed E-state index contributed by atoms with van der Waals surface area (Å²) < 4.78 is 43.9. The molecule has 1 rings (SSSR count). The van der Waals surface area contributed by atoms with Crippen molar-refractivity contribution in [1.29, 1.82) is 0 Å². The highest BCUT2D eigenvalue weighted by molar-refractivity contribution is 5.98. The van der Waals surface area contributed by atoms with Gasteiger partial charge >= 0.3 is 5.97 Å². The highest BCUT2D eigenvalue weighted by atomic mass is 19.2. The average molecular weight is 274 g/mol. The summed E-state index contributed by atoms with van der Waals surface area (Å²) in [5.74, 6) is -6.89. The Labute approximate surface area is 108 Å². The van der Waals surface area contributed by atoms with Gasteiger partial charge in [0.25, 0.3) is 0 Å². The molecule has 19 heavy (non-hydrogen) atoms. The first-order valence-electron chi connectivity index (χ1n) is 5.67. The molecule has 0 aliphatic carbocycles. The van der Waals surface area contributed by atoms with Gasteiger partial charge in [-0.15, -0.1) is 0 Å². The summed E-state index contributed by atoms with van der Waals surface area (Å²) in [4.78, 5) is 22.9. The highest BCUT2D eigenvalue weighted by Gasteiger charge is 2.27. The lowest BCUT2D eigenvalue weighted by Crippen LogP contribution is -2.27. The van der Waals surface area contributed by atoms with Gasteiger partial charge in [-0.2, -0.15) is 0 Å². The predicted molar refractivity (Wildman–Crippen MR) is 60.8 cm³/mol. The molecule has 0 saturated heterocycles. The fourth-order valence-electron chi connectivity index (χ4n) is 1.58. The standard InChI is InChI=1S/C13H13F3O3/c1-3-19-13(18)9(7(2)17)6-8-4-5-10(14)12(16)11(8)15/h4-5,9H,3,6H2,1-2H3. The molecule has 0 fully saturated rings. The quantitative estimate of drug-likeness (QED) is 0.470. The summed E-state index contributed by atoms with van der Waals surface area (Å²) >= 11 is 0. The lowest BCUT2D eigenvalue weighted by atomic mass is 9.95. The minimum atomic E-state index is -1.62. The van der Waals surface area contributed by atoms with Crippen molar-refractivity contribution in [2.24, 2.45) is 5.92 Å². The van der Waals surface area contributed by atoms with Crippen LogP contribution in [-0.2, 0) is 20.7 Å². The Bertz CT molecular complexity index is 500. The van der Waals surface area contributed by atoms with Crippen molar-refractivity contribution in [1.82, 2.24) is 0 Å². The molecule has 0 N–H and O–H groups in total. The molecule has 0 bridgehead atoms. The molecule has 1 aromatic carbocycles. The van der Waals surface area contributed by atoms with E-state index < -0.39 is 35.1 Å². The number of hydrogen-bond donors (Lipinski definition) is 0. The van der Waals surface area contributed by atoms with Gasteiger partial charge in [0.15, 0.2) is 17.5 Å². The van der Waals surface area contributed by atoms with Crippen LogP contribution >= 0.6 is 0 Å². The Morgan fingerprint density at radius 3 is 2.37 bits per heavy atom. The van der Waals surface area contributed by atoms with Crippen LogP contribution in [0.2, 0.25) is 0 Å². The van der Waals surface area contributed by atoms with E-state index in [0.29, 0.717) is 0 Å². The SMILES string of the molecule is CCOC(=O)C(Cc1ccc(F)c(F)c1F)C(C)=O. The lowest BCUT2D eigenvalue weighted by molar-refractivity contribution is -0.151. The van der Waals surface area contributed by atoms with Gasteiger partial charge in [0.05, 0.1) is 6.61 Å². The fourth-order valence-corrected chi connectivity index (χ4v) is 1.58. The lowest BCUT2D eigenvalue weighted by Gasteiger charge is -2.13. The second-order valence-corrected chi connectivity index (χ2v) is 3.95. The van der Waals surface area contributed by atoms with E-state index in [-0.39, 0.29) is 18.6 Å². The van der Waals surface area contributed by atoms with Gasteiger partial charge < -0.3 is 4.74 Å². The summed E-state index contributed by atoms with van der Waals surface area (Å²) in [5.41, 5.74) is -0.243. The smallest absolute Gasteiger partial charge is 0.316 e. The van der Waals surface area contributed by atoms with Gasteiger partial charge in [-0.3, -0.25) is 9.59 Å². The van der Waals surface area contributed by atoms with Gasteiger partial charge in [-0.1, -0.05) is 6.07 Å². The van der Waals surface area contributed by atoms with Crippen LogP contribution in [0.1, 0.15) is 19.4 Å². The normalized spacial score (nSPS) is 12.1. The molecular weight excluding hydrogens is 261 g/mol. The van der Waals surface area contributed by atoms with E-state index in [0.717, 1.165) is 19.1 Å². The van der Waals surface area contributed by atoms with Crippen LogP contribution in [-0.4, -0.2) is 18.4 Å². The van der Waals surface area contributed by atoms with Crippen molar-refractivity contribution in [2.45, 2.75) is 20.3 Å². The fraction of sp³-hybridized carbons (Fsp3) is 0.385. The molecule has 0 spiro atoms. The zero-order valence-corrected chi connectivity index (χ0v) is 10.5. The van der Waals surface area contributed by atoms with E-state index in [4.69, 9.17) is 0 Å². The first-order chi connectivity index (χ1) is 8.88. The first kappa shape index (κ1) is 15.2. The first-order valence-corrected chi connectivity index (χ1v) is 5.67. The molecule has 0 saturated carbocycles. The van der Waals surface area contributed by atoms with E-state index >= 15 is 0 Å². The Balaban J connectivity index is 3.01. The van der Waals surface area contributed by atoms with E-state index in [9.17, 15) is 22.8 Å². The number of carbonyl (C=O) groups is 2. The topological polar surface area (TPSA) is 43.4 Å². The number of ketones is 1. The molecule has 6 heteroatoms. The van der Waals surface area contributed by atoms with Gasteiger partial charge in [0.2, 0.25) is 0 Å². The molecule has 1 atom stereocenters. The molecule has 3 nitrogen and oxygen atoms in total. The van der Waals surface area contributed by atoms with Crippen LogP contribution in [0.15, 0.2) is 12.1 Å². The average Bonchev–Trinajstić information content (AvgIpc) is 2.35. The third-order valence-electron chi connectivity index (χ3n) is 2.60. The van der Waals surface area contributed by atoms with Crippen molar-refractivity contribution in [3.8, 4) is 0 Å². The van der Waals surface area contributed by atoms with E-state index in [1.165, 1.54) is 0 Å². The van der Waals surface area contributed by atoms with Crippen LogP contribution in [0, 0.1) is 23.4 Å². The van der Waals surface area contributed by atoms with Crippen molar-refractivity contribution in [3.63, 3.8) is 0 Å². The number of hydrogen-bond acceptors (Lipinski definition) is 3. The summed E-state index contributed by atoms with van der Waals surface area (Å²) in [6, 6.07) is 1.75. The molecule has 0 aliphatic heterocycles. The predicted octanol–water partition coefficient (Wildman–Crippen LogP) is 2.41. The number of carbonyl (C=O) groups excluding carboxylic acids is 2. The van der Waals surface area contributed by atoms with Crippen LogP contribution in [0.3, 0.4) is 0 Å². The van der Waals surface area contributed by atoms with E-state index in [1.54, 1.807) is 6.92 Å². The van der Waals surface area contributed by atoms with Crippen molar-refractivity contribution in [3.05, 3.63) is 35.1 Å². The molecule has 0 amide bonds. The number of ether oxygens (including phenoxy) is 1. The monoisotopic (exact) mass is 274 g/mol. The third kappa shape index (κ3) is 3.56. The molecule has 0 heterocycles. The van der Waals surface area contributed by atoms with Crippen molar-refractivity contribution < 1.29 is 27.5 Å². The zero-order chi connectivity index (χ0) is 14.6. The molecule has 0 radical (unpaired) electrons. The van der Waals surface area contributed by atoms with Gasteiger partial charge in [0.1, 0.15) is 11.7 Å². The largest absolute Gasteiger partial charge is 0.465 e. The van der Waals surface area contributed by atoms with Crippen LogP contribution in [0.5, 0.6) is 0 Å². The molecule has 0 aromatic heterocycles. The number of esters is 1. The number of benzene rings is 1. The van der Waals surface area contributed by atoms with Crippen molar-refractivity contribution >= 4 is 11.8 Å². The van der Waals surface area contributed by atoms with Crippen LogP contribution in [0.25, 0.3) is 0 Å². The number of Topliss-reactive ketones (excluding diaryl/α,β-unsaturated/α-hetero) is 1.